The van der Waals surface area contributed by atoms with E-state index in [0.29, 0.717) is 0 Å². The van der Waals surface area contributed by atoms with Crippen LogP contribution in [0, 0.1) is 25.1 Å². The number of fused-ring (bicyclic) bond motifs is 3. The topological polar surface area (TPSA) is 38.7 Å². The van der Waals surface area contributed by atoms with Gasteiger partial charge in [-0.15, -0.1) is 95.6 Å². The molecule has 0 aliphatic carbocycles. The molecule has 3 nitrogen and oxygen atoms in total. The average Bonchev–Trinajstić information content (AvgIpc) is 3.49. The van der Waals surface area contributed by atoms with E-state index < -0.39 is 0 Å². The zero-order valence-electron chi connectivity index (χ0n) is 24.5. The second kappa shape index (κ2) is 15.8. The molecule has 0 aliphatic heterocycles. The number of hydrogen-bond acceptors (Lipinski definition) is 4. The van der Waals surface area contributed by atoms with Crippen LogP contribution < -0.4 is 0 Å². The Morgan fingerprint density at radius 3 is 1.67 bits per heavy atom. The minimum atomic E-state index is 0. The third kappa shape index (κ3) is 8.23. The first kappa shape index (κ1) is 31.6. The van der Waals surface area contributed by atoms with E-state index in [1.54, 1.807) is 12.4 Å². The second-order valence-corrected chi connectivity index (χ2v) is 11.0. The molecule has 0 saturated carbocycles. The number of aryl methyl sites for hydroxylation is 1. The summed E-state index contributed by atoms with van der Waals surface area (Å²) in [4.78, 5) is 12.9. The third-order valence-electron chi connectivity index (χ3n) is 6.80. The molecule has 8 aromatic rings. The Hall–Kier alpha value is -4.80. The maximum absolute atomic E-state index is 4.49. The molecule has 5 heteroatoms. The summed E-state index contributed by atoms with van der Waals surface area (Å²) in [5.41, 5.74) is 7.23. The summed E-state index contributed by atoms with van der Waals surface area (Å²) in [6.45, 7) is 2.05. The summed E-state index contributed by atoms with van der Waals surface area (Å²) < 4.78 is 2.60. The van der Waals surface area contributed by atoms with Crippen LogP contribution in [0.4, 0.5) is 0 Å². The summed E-state index contributed by atoms with van der Waals surface area (Å²) in [6, 6.07) is 53.9. The van der Waals surface area contributed by atoms with Crippen molar-refractivity contribution in [3.05, 3.63) is 176 Å². The molecule has 0 bridgehead atoms. The molecule has 4 aromatic heterocycles. The van der Waals surface area contributed by atoms with Gasteiger partial charge in [-0.05, 0) is 57.9 Å². The van der Waals surface area contributed by atoms with E-state index in [0.717, 1.165) is 33.8 Å². The van der Waals surface area contributed by atoms with Gasteiger partial charge in [-0.25, -0.2) is 0 Å². The van der Waals surface area contributed by atoms with E-state index in [1.807, 2.05) is 102 Å². The minimum absolute atomic E-state index is 0. The molecule has 0 N–H and O–H groups in total. The number of pyridine rings is 3. The smallest absolute Gasteiger partial charge is 0.305 e. The zero-order valence-corrected chi connectivity index (χ0v) is 27.7. The van der Waals surface area contributed by atoms with Crippen LogP contribution in [0.5, 0.6) is 0 Å². The molecular formula is C40H28IrN3S. The first-order chi connectivity index (χ1) is 21.7. The monoisotopic (exact) mass is 775 g/mol. The summed E-state index contributed by atoms with van der Waals surface area (Å²) in [7, 11) is 0. The minimum Gasteiger partial charge on any atom is -0.305 e. The molecule has 8 rings (SSSR count). The molecule has 0 aliphatic rings. The fourth-order valence-electron chi connectivity index (χ4n) is 4.59. The Balaban J connectivity index is 0.000000139. The predicted molar refractivity (Wildman–Crippen MR) is 183 cm³/mol. The molecule has 0 spiro atoms. The van der Waals surface area contributed by atoms with Crippen LogP contribution in [-0.2, 0) is 20.1 Å². The fraction of sp³-hybridized carbons (Fsp3) is 0.0250. The third-order valence-corrected chi connectivity index (χ3v) is 7.93. The average molecular weight is 775 g/mol. The van der Waals surface area contributed by atoms with Gasteiger partial charge in [-0.1, -0.05) is 60.0 Å². The molecular weight excluding hydrogens is 747 g/mol. The van der Waals surface area contributed by atoms with E-state index in [-0.39, 0.29) is 20.1 Å². The van der Waals surface area contributed by atoms with Crippen LogP contribution in [0.15, 0.2) is 152 Å². The molecule has 0 saturated heterocycles. The standard InChI is InChI=1S/C18H12NS.2C11H8N.Ir/c1-12-6-8-16(19-11-12)13-7-9-18-15(10-13)14-4-2-3-5-17(14)20-18;2*1-2-6-10(7-3-1)11-8-4-5-9-12-11;/h2-6,8-11H,1H3;2*1-6,8-9H;/q3*-1;+3. The molecule has 0 amide bonds. The van der Waals surface area contributed by atoms with Gasteiger partial charge in [-0.3, -0.25) is 0 Å². The molecule has 45 heavy (non-hydrogen) atoms. The Bertz CT molecular complexity index is 1900. The summed E-state index contributed by atoms with van der Waals surface area (Å²) in [6.07, 6.45) is 5.48. The Morgan fingerprint density at radius 2 is 1.11 bits per heavy atom. The van der Waals surface area contributed by atoms with Crippen LogP contribution in [0.3, 0.4) is 0 Å². The van der Waals surface area contributed by atoms with Gasteiger partial charge in [0.1, 0.15) is 0 Å². The molecule has 4 aromatic carbocycles. The zero-order chi connectivity index (χ0) is 30.0. The summed E-state index contributed by atoms with van der Waals surface area (Å²) in [5, 5.41) is 2.61. The van der Waals surface area contributed by atoms with Crippen LogP contribution in [0.2, 0.25) is 0 Å². The first-order valence-electron chi connectivity index (χ1n) is 14.3. The van der Waals surface area contributed by atoms with Gasteiger partial charge in [0.2, 0.25) is 0 Å². The normalized spacial score (nSPS) is 10.2. The Labute approximate surface area is 281 Å². The Morgan fingerprint density at radius 1 is 0.511 bits per heavy atom. The molecule has 218 valence electrons. The van der Waals surface area contributed by atoms with E-state index in [4.69, 9.17) is 0 Å². The van der Waals surface area contributed by atoms with E-state index >= 15 is 0 Å². The molecule has 0 radical (unpaired) electrons. The van der Waals surface area contributed by atoms with Crippen molar-refractivity contribution in [2.24, 2.45) is 0 Å². The Kier molecular flexibility index (Phi) is 11.1. The predicted octanol–water partition coefficient (Wildman–Crippen LogP) is 10.3. The molecule has 0 fully saturated rings. The molecule has 0 unspecified atom stereocenters. The van der Waals surface area contributed by atoms with Gasteiger partial charge in [0.15, 0.2) is 0 Å². The first-order valence-corrected chi connectivity index (χ1v) is 15.1. The van der Waals surface area contributed by atoms with Gasteiger partial charge in [0.25, 0.3) is 0 Å². The largest absolute Gasteiger partial charge is 3.00 e. The van der Waals surface area contributed by atoms with Crippen molar-refractivity contribution < 1.29 is 20.1 Å². The number of thiophene rings is 1. The van der Waals surface area contributed by atoms with Gasteiger partial charge in [0.05, 0.1) is 0 Å². The quantitative estimate of drug-likeness (QED) is 0.168. The van der Waals surface area contributed by atoms with Gasteiger partial charge < -0.3 is 15.0 Å². The number of benzene rings is 4. The van der Waals surface area contributed by atoms with E-state index in [2.05, 4.69) is 88.6 Å². The number of nitrogens with zero attached hydrogens (tertiary/aromatic N) is 3. The second-order valence-electron chi connectivity index (χ2n) is 9.93. The summed E-state index contributed by atoms with van der Waals surface area (Å²) in [5.74, 6) is 0. The van der Waals surface area contributed by atoms with Crippen LogP contribution in [0.25, 0.3) is 53.9 Å². The van der Waals surface area contributed by atoms with Crippen molar-refractivity contribution >= 4 is 31.5 Å². The van der Waals surface area contributed by atoms with Gasteiger partial charge in [0, 0.05) is 23.3 Å². The van der Waals surface area contributed by atoms with Crippen molar-refractivity contribution in [3.8, 4) is 33.8 Å². The maximum atomic E-state index is 4.49. The fourth-order valence-corrected chi connectivity index (χ4v) is 5.66. The number of aromatic nitrogens is 3. The van der Waals surface area contributed by atoms with Crippen LogP contribution in [-0.4, -0.2) is 15.0 Å². The van der Waals surface area contributed by atoms with Crippen molar-refractivity contribution in [3.63, 3.8) is 0 Å². The van der Waals surface area contributed by atoms with Crippen molar-refractivity contribution in [1.82, 2.24) is 15.0 Å². The summed E-state index contributed by atoms with van der Waals surface area (Å²) >= 11 is 1.82. The van der Waals surface area contributed by atoms with Crippen molar-refractivity contribution in [2.75, 3.05) is 0 Å². The molecule has 4 heterocycles. The maximum Gasteiger partial charge on any atom is 3.00 e. The van der Waals surface area contributed by atoms with E-state index in [1.165, 1.54) is 25.7 Å². The number of rotatable bonds is 3. The SMILES string of the molecule is Cc1ccc(-c2[c-]cc3sc4ccccc4c3c2)nc1.[Ir+3].[c-]1ccccc1-c1ccccn1.[c-]1ccccc1-c1ccccn1. The molecule has 0 atom stereocenters. The van der Waals surface area contributed by atoms with Gasteiger partial charge >= 0.3 is 20.1 Å². The van der Waals surface area contributed by atoms with Gasteiger partial charge in [-0.2, -0.15) is 11.3 Å². The van der Waals surface area contributed by atoms with Crippen LogP contribution in [0.1, 0.15) is 5.56 Å². The van der Waals surface area contributed by atoms with Crippen molar-refractivity contribution in [1.29, 1.82) is 0 Å². The van der Waals surface area contributed by atoms with Crippen LogP contribution >= 0.6 is 11.3 Å². The van der Waals surface area contributed by atoms with Crippen molar-refractivity contribution in [2.45, 2.75) is 6.92 Å². The number of hydrogen-bond donors (Lipinski definition) is 0. The van der Waals surface area contributed by atoms with E-state index in [9.17, 15) is 0 Å².